The smallest absolute Gasteiger partial charge is 0.226 e. The number of fused-ring (bicyclic) bond motifs is 1. The zero-order valence-electron chi connectivity index (χ0n) is 11.4. The lowest BCUT2D eigenvalue weighted by Crippen LogP contribution is -2.30. The third-order valence-electron chi connectivity index (χ3n) is 4.06. The predicted octanol–water partition coefficient (Wildman–Crippen LogP) is 1.90. The number of aromatic nitrogens is 3. The Labute approximate surface area is 116 Å². The van der Waals surface area contributed by atoms with Gasteiger partial charge >= 0.3 is 0 Å². The molecule has 0 saturated heterocycles. The fourth-order valence-electron chi connectivity index (χ4n) is 2.67. The second-order valence-corrected chi connectivity index (χ2v) is 5.65. The number of hydrogen-bond donors (Lipinski definition) is 1. The van der Waals surface area contributed by atoms with Gasteiger partial charge < -0.3 is 9.88 Å². The molecule has 1 saturated carbocycles. The maximum absolute atomic E-state index is 12.1. The first-order valence-electron chi connectivity index (χ1n) is 7.01. The average molecular weight is 268 g/mol. The first kappa shape index (κ1) is 11.6. The minimum atomic E-state index is 0.281. The topological polar surface area (TPSA) is 61.9 Å². The highest BCUT2D eigenvalue weighted by Crippen LogP contribution is 2.33. The maximum Gasteiger partial charge on any atom is 0.226 e. The third kappa shape index (κ3) is 1.81. The lowest BCUT2D eigenvalue weighted by atomic mass is 10.2. The van der Waals surface area contributed by atoms with Crippen LogP contribution >= 0.6 is 0 Å². The molecule has 0 unspecified atom stereocenters. The van der Waals surface area contributed by atoms with E-state index in [-0.39, 0.29) is 5.92 Å². The van der Waals surface area contributed by atoms with E-state index >= 15 is 0 Å². The van der Waals surface area contributed by atoms with Crippen LogP contribution in [-0.4, -0.2) is 38.8 Å². The Morgan fingerprint density at radius 1 is 1.45 bits per heavy atom. The summed E-state index contributed by atoms with van der Waals surface area (Å²) in [5, 5.41) is 0. The molecule has 2 aromatic rings. The first-order chi connectivity index (χ1) is 9.72. The molecule has 0 bridgehead atoms. The van der Waals surface area contributed by atoms with E-state index in [2.05, 4.69) is 21.0 Å². The molecule has 1 aliphatic carbocycles. The first-order valence-corrected chi connectivity index (χ1v) is 7.01. The minimum absolute atomic E-state index is 0.281. The highest BCUT2D eigenvalue weighted by atomic mass is 16.2. The Hall–Kier alpha value is -2.17. The van der Waals surface area contributed by atoms with Crippen LogP contribution in [0, 0.1) is 12.8 Å². The van der Waals surface area contributed by atoms with E-state index in [9.17, 15) is 4.79 Å². The highest BCUT2D eigenvalue weighted by molar-refractivity contribution is 5.85. The van der Waals surface area contributed by atoms with Crippen LogP contribution in [-0.2, 0) is 4.79 Å². The van der Waals surface area contributed by atoms with Crippen LogP contribution in [0.5, 0.6) is 0 Å². The summed E-state index contributed by atoms with van der Waals surface area (Å²) in [4.78, 5) is 26.2. The normalized spacial score (nSPS) is 18.6. The van der Waals surface area contributed by atoms with Crippen molar-refractivity contribution in [2.24, 2.45) is 5.92 Å². The van der Waals surface area contributed by atoms with Crippen molar-refractivity contribution in [3.05, 3.63) is 29.7 Å². The fraction of sp³-hybridized carbons (Fsp3) is 0.400. The lowest BCUT2D eigenvalue weighted by molar-refractivity contribution is -0.131. The SMILES string of the molecule is Cc1c[nH]c2ncc(C3=CCN(C(=O)C4CC4)C3)nc12. The Balaban J connectivity index is 1.60. The van der Waals surface area contributed by atoms with Crippen LogP contribution in [0.4, 0.5) is 0 Å². The number of aromatic amines is 1. The second kappa shape index (κ2) is 4.16. The van der Waals surface area contributed by atoms with Crippen molar-refractivity contribution in [2.75, 3.05) is 13.1 Å². The molecule has 102 valence electrons. The third-order valence-corrected chi connectivity index (χ3v) is 4.06. The molecule has 0 spiro atoms. The van der Waals surface area contributed by atoms with Gasteiger partial charge in [0, 0.05) is 25.2 Å². The highest BCUT2D eigenvalue weighted by Gasteiger charge is 2.34. The van der Waals surface area contributed by atoms with E-state index in [0.717, 1.165) is 40.8 Å². The number of aryl methyl sites for hydroxylation is 1. The molecule has 2 aromatic heterocycles. The number of carbonyl (C=O) groups is 1. The Bertz CT molecular complexity index is 727. The van der Waals surface area contributed by atoms with Crippen molar-refractivity contribution in [1.82, 2.24) is 19.9 Å². The molecular formula is C15H16N4O. The van der Waals surface area contributed by atoms with Crippen LogP contribution in [0.2, 0.25) is 0 Å². The largest absolute Gasteiger partial charge is 0.345 e. The molecule has 1 aliphatic heterocycles. The van der Waals surface area contributed by atoms with Gasteiger partial charge in [0.15, 0.2) is 5.65 Å². The summed E-state index contributed by atoms with van der Waals surface area (Å²) in [5.41, 5.74) is 4.81. The van der Waals surface area contributed by atoms with Crippen LogP contribution in [0.3, 0.4) is 0 Å². The minimum Gasteiger partial charge on any atom is -0.345 e. The molecule has 1 fully saturated rings. The van der Waals surface area contributed by atoms with Gasteiger partial charge in [0.1, 0.15) is 5.52 Å². The summed E-state index contributed by atoms with van der Waals surface area (Å²) in [7, 11) is 0. The van der Waals surface area contributed by atoms with Gasteiger partial charge in [-0.05, 0) is 30.9 Å². The van der Waals surface area contributed by atoms with Gasteiger partial charge in [-0.1, -0.05) is 6.08 Å². The van der Waals surface area contributed by atoms with E-state index < -0.39 is 0 Å². The summed E-state index contributed by atoms with van der Waals surface area (Å²) in [5.74, 6) is 0.575. The van der Waals surface area contributed by atoms with Gasteiger partial charge in [0.2, 0.25) is 5.91 Å². The zero-order valence-corrected chi connectivity index (χ0v) is 11.4. The van der Waals surface area contributed by atoms with Crippen molar-refractivity contribution in [3.63, 3.8) is 0 Å². The van der Waals surface area contributed by atoms with Gasteiger partial charge in [-0.25, -0.2) is 9.97 Å². The van der Waals surface area contributed by atoms with Gasteiger partial charge in [-0.2, -0.15) is 0 Å². The van der Waals surface area contributed by atoms with Gasteiger partial charge in [0.25, 0.3) is 0 Å². The number of nitrogens with one attached hydrogen (secondary N) is 1. The van der Waals surface area contributed by atoms with Gasteiger partial charge in [-0.3, -0.25) is 4.79 Å². The van der Waals surface area contributed by atoms with Crippen LogP contribution in [0.25, 0.3) is 16.7 Å². The van der Waals surface area contributed by atoms with E-state index in [1.807, 2.05) is 18.0 Å². The number of rotatable bonds is 2. The summed E-state index contributed by atoms with van der Waals surface area (Å²) in [6, 6.07) is 0. The monoisotopic (exact) mass is 268 g/mol. The summed E-state index contributed by atoms with van der Waals surface area (Å²) < 4.78 is 0. The lowest BCUT2D eigenvalue weighted by Gasteiger charge is -2.15. The maximum atomic E-state index is 12.1. The van der Waals surface area contributed by atoms with Crippen molar-refractivity contribution in [2.45, 2.75) is 19.8 Å². The van der Waals surface area contributed by atoms with Crippen molar-refractivity contribution in [3.8, 4) is 0 Å². The molecule has 1 N–H and O–H groups in total. The van der Waals surface area contributed by atoms with Gasteiger partial charge in [-0.15, -0.1) is 0 Å². The summed E-state index contributed by atoms with van der Waals surface area (Å²) in [6.07, 6.45) is 7.91. The summed E-state index contributed by atoms with van der Waals surface area (Å²) in [6.45, 7) is 3.39. The molecule has 0 radical (unpaired) electrons. The van der Waals surface area contributed by atoms with E-state index in [4.69, 9.17) is 0 Å². The zero-order chi connectivity index (χ0) is 13.7. The molecule has 3 heterocycles. The molecule has 4 rings (SSSR count). The number of carbonyl (C=O) groups excluding carboxylic acids is 1. The van der Waals surface area contributed by atoms with E-state index in [1.165, 1.54) is 0 Å². The molecule has 5 heteroatoms. The number of hydrogen-bond acceptors (Lipinski definition) is 3. The quantitative estimate of drug-likeness (QED) is 0.905. The second-order valence-electron chi connectivity index (χ2n) is 5.65. The average Bonchev–Trinajstić information content (AvgIpc) is 3.09. The van der Waals surface area contributed by atoms with Crippen molar-refractivity contribution < 1.29 is 4.79 Å². The van der Waals surface area contributed by atoms with Gasteiger partial charge in [0.05, 0.1) is 11.9 Å². The molecular weight excluding hydrogens is 252 g/mol. The van der Waals surface area contributed by atoms with E-state index in [0.29, 0.717) is 19.0 Å². The number of nitrogens with zero attached hydrogens (tertiary/aromatic N) is 3. The molecule has 0 aromatic carbocycles. The summed E-state index contributed by atoms with van der Waals surface area (Å²) >= 11 is 0. The Morgan fingerprint density at radius 2 is 2.30 bits per heavy atom. The number of amides is 1. The van der Waals surface area contributed by atoms with Crippen molar-refractivity contribution >= 4 is 22.6 Å². The Morgan fingerprint density at radius 3 is 3.10 bits per heavy atom. The van der Waals surface area contributed by atoms with Crippen LogP contribution < -0.4 is 0 Å². The standard InChI is InChI=1S/C15H16N4O/c1-9-6-16-14-13(9)18-12(7-17-14)11-4-5-19(8-11)15(20)10-2-3-10/h4,6-7,10H,2-3,5,8H2,1H3,(H,16,17). The van der Waals surface area contributed by atoms with Crippen LogP contribution in [0.1, 0.15) is 24.1 Å². The molecule has 0 atom stereocenters. The molecule has 5 nitrogen and oxygen atoms in total. The molecule has 2 aliphatic rings. The van der Waals surface area contributed by atoms with Crippen molar-refractivity contribution in [1.29, 1.82) is 0 Å². The molecule has 20 heavy (non-hydrogen) atoms. The molecule has 1 amide bonds. The van der Waals surface area contributed by atoms with E-state index in [1.54, 1.807) is 6.20 Å². The number of H-pyrrole nitrogens is 1. The fourth-order valence-corrected chi connectivity index (χ4v) is 2.67. The Kier molecular flexibility index (Phi) is 2.42. The predicted molar refractivity (Wildman–Crippen MR) is 75.9 cm³/mol. The van der Waals surface area contributed by atoms with Crippen LogP contribution in [0.15, 0.2) is 18.5 Å².